The van der Waals surface area contributed by atoms with Crippen LogP contribution in [0.25, 0.3) is 0 Å². The molecule has 2 atom stereocenters. The fourth-order valence-electron chi connectivity index (χ4n) is 7.53. The Morgan fingerprint density at radius 2 is 1.64 bits per heavy atom. The van der Waals surface area contributed by atoms with Crippen LogP contribution in [0.1, 0.15) is 94.6 Å². The van der Waals surface area contributed by atoms with E-state index in [1.807, 2.05) is 0 Å². The maximum Gasteiger partial charge on any atom is 0.244 e. The Bertz CT molecular complexity index is 1280. The van der Waals surface area contributed by atoms with Crippen LogP contribution in [0.2, 0.25) is 10.0 Å². The molecule has 0 radical (unpaired) electrons. The number of anilines is 1. The molecule has 3 N–H and O–H groups in total. The highest BCUT2D eigenvalue weighted by atomic mass is 35.5. The van der Waals surface area contributed by atoms with E-state index in [9.17, 15) is 9.59 Å². The molecule has 8 heteroatoms. The second-order valence-corrected chi connectivity index (χ2v) is 13.5. The Kier molecular flexibility index (Phi) is 6.96. The Balaban J connectivity index is 1.49. The van der Waals surface area contributed by atoms with E-state index >= 15 is 4.39 Å². The van der Waals surface area contributed by atoms with E-state index < -0.39 is 23.3 Å². The number of rotatable bonds is 3. The largest absolute Gasteiger partial charge is 0.349 e. The van der Waals surface area contributed by atoms with Crippen LogP contribution in [0.15, 0.2) is 36.4 Å². The summed E-state index contributed by atoms with van der Waals surface area (Å²) in [5.41, 5.74) is 0.609. The summed E-state index contributed by atoms with van der Waals surface area (Å²) in [5.74, 6) is -1.65. The SMILES string of the molecule is CC12CCC(NC(=O)[C@@H]3NC4(CCCCC4)C(=O)Nc4cc(Cl)ccc4[C@H]3c3cccc(Cl)c3F)(CC1)CC2. The Morgan fingerprint density at radius 1 is 0.949 bits per heavy atom. The van der Waals surface area contributed by atoms with Gasteiger partial charge in [-0.15, -0.1) is 0 Å². The van der Waals surface area contributed by atoms with Gasteiger partial charge >= 0.3 is 0 Å². The maximum atomic E-state index is 15.8. The van der Waals surface area contributed by atoms with Crippen molar-refractivity contribution in [3.63, 3.8) is 0 Å². The average Bonchev–Trinajstić information content (AvgIpc) is 2.92. The molecule has 1 aliphatic heterocycles. The molecule has 2 aromatic carbocycles. The smallest absolute Gasteiger partial charge is 0.244 e. The second-order valence-electron chi connectivity index (χ2n) is 12.7. The number of nitrogens with one attached hydrogen (secondary N) is 3. The maximum absolute atomic E-state index is 15.8. The molecule has 2 aromatic rings. The highest BCUT2D eigenvalue weighted by molar-refractivity contribution is 6.31. The summed E-state index contributed by atoms with van der Waals surface area (Å²) in [6.07, 6.45) is 10.1. The van der Waals surface area contributed by atoms with Crippen LogP contribution < -0.4 is 16.0 Å². The minimum Gasteiger partial charge on any atom is -0.349 e. The zero-order valence-electron chi connectivity index (χ0n) is 22.3. The molecule has 1 heterocycles. The number of carbonyl (C=O) groups excluding carboxylic acids is 2. The third-order valence-electron chi connectivity index (χ3n) is 10.1. The van der Waals surface area contributed by atoms with Crippen LogP contribution in [0, 0.1) is 11.2 Å². The first-order valence-electron chi connectivity index (χ1n) is 14.3. The minimum absolute atomic E-state index is 0.00177. The Morgan fingerprint density at radius 3 is 2.33 bits per heavy atom. The van der Waals surface area contributed by atoms with Gasteiger partial charge in [-0.3, -0.25) is 14.9 Å². The van der Waals surface area contributed by atoms with Gasteiger partial charge in [-0.25, -0.2) is 4.39 Å². The van der Waals surface area contributed by atoms with Crippen molar-refractivity contribution in [1.29, 1.82) is 0 Å². The van der Waals surface area contributed by atoms with Crippen molar-refractivity contribution >= 4 is 40.7 Å². The third-order valence-corrected chi connectivity index (χ3v) is 10.6. The predicted octanol–water partition coefficient (Wildman–Crippen LogP) is 7.11. The molecule has 0 saturated heterocycles. The Hall–Kier alpha value is -2.15. The van der Waals surface area contributed by atoms with Crippen molar-refractivity contribution in [1.82, 2.24) is 10.6 Å². The van der Waals surface area contributed by atoms with E-state index in [0.29, 0.717) is 40.1 Å². The summed E-state index contributed by atoms with van der Waals surface area (Å²) in [4.78, 5) is 28.4. The lowest BCUT2D eigenvalue weighted by Gasteiger charge is -2.53. The second kappa shape index (κ2) is 10.0. The standard InChI is InChI=1S/C31H36Cl2FN3O2/c1-29-12-15-30(16-13-29,17-14-29)37-27(38)26-24(21-6-5-7-22(33)25(21)34)20-9-8-19(32)18-23(20)35-28(39)31(36-26)10-3-2-4-11-31/h5-9,18,24,26,36H,2-4,10-17H2,1H3,(H,35,39)(H,37,38)/t24-,26+,29?,30?/m0/s1. The third kappa shape index (κ3) is 4.87. The molecular formula is C31H36Cl2FN3O2. The van der Waals surface area contributed by atoms with E-state index in [1.165, 1.54) is 6.07 Å². The van der Waals surface area contributed by atoms with Gasteiger partial charge in [0.2, 0.25) is 11.8 Å². The van der Waals surface area contributed by atoms with Gasteiger partial charge in [-0.1, -0.05) is 67.6 Å². The molecule has 208 valence electrons. The Labute approximate surface area is 239 Å². The van der Waals surface area contributed by atoms with Crippen LogP contribution in [0.4, 0.5) is 10.1 Å². The van der Waals surface area contributed by atoms with E-state index in [1.54, 1.807) is 30.3 Å². The number of benzene rings is 2. The highest BCUT2D eigenvalue weighted by Gasteiger charge is 2.51. The fourth-order valence-corrected chi connectivity index (χ4v) is 7.88. The highest BCUT2D eigenvalue weighted by Crippen LogP contribution is 2.52. The number of halogens is 3. The molecule has 39 heavy (non-hydrogen) atoms. The quantitative estimate of drug-likeness (QED) is 0.367. The summed E-state index contributed by atoms with van der Waals surface area (Å²) in [6.45, 7) is 2.35. The lowest BCUT2D eigenvalue weighted by atomic mass is 9.58. The van der Waals surface area contributed by atoms with Gasteiger partial charge in [0.25, 0.3) is 0 Å². The van der Waals surface area contributed by atoms with Gasteiger partial charge in [0, 0.05) is 22.2 Å². The number of fused-ring (bicyclic) bond motifs is 4. The van der Waals surface area contributed by atoms with E-state index in [0.717, 1.165) is 57.8 Å². The van der Waals surface area contributed by atoms with Gasteiger partial charge in [0.15, 0.2) is 0 Å². The minimum atomic E-state index is -0.942. The summed E-state index contributed by atoms with van der Waals surface area (Å²) in [5, 5.41) is 10.6. The van der Waals surface area contributed by atoms with Crippen molar-refractivity contribution in [2.24, 2.45) is 5.41 Å². The monoisotopic (exact) mass is 571 g/mol. The predicted molar refractivity (Wildman–Crippen MR) is 153 cm³/mol. The zero-order valence-corrected chi connectivity index (χ0v) is 23.9. The normalized spacial score (nSPS) is 31.6. The molecule has 2 bridgehead atoms. The lowest BCUT2D eigenvalue weighted by molar-refractivity contribution is -0.130. The molecule has 4 saturated carbocycles. The molecular weight excluding hydrogens is 536 g/mol. The first-order chi connectivity index (χ1) is 18.6. The van der Waals surface area contributed by atoms with Crippen molar-refractivity contribution in [2.75, 3.05) is 5.32 Å². The van der Waals surface area contributed by atoms with Crippen molar-refractivity contribution in [3.05, 3.63) is 63.4 Å². The van der Waals surface area contributed by atoms with Crippen molar-refractivity contribution in [2.45, 2.75) is 101 Å². The summed E-state index contributed by atoms with van der Waals surface area (Å²) in [6, 6.07) is 9.23. The molecule has 7 rings (SSSR count). The molecule has 5 aliphatic rings. The van der Waals surface area contributed by atoms with Crippen LogP contribution in [0.3, 0.4) is 0 Å². The fraction of sp³-hybridized carbons (Fsp3) is 0.548. The van der Waals surface area contributed by atoms with Gasteiger partial charge in [-0.2, -0.15) is 0 Å². The van der Waals surface area contributed by atoms with E-state index in [4.69, 9.17) is 23.2 Å². The van der Waals surface area contributed by atoms with Crippen molar-refractivity contribution in [3.8, 4) is 0 Å². The number of amides is 2. The topological polar surface area (TPSA) is 70.2 Å². The molecule has 4 fully saturated rings. The van der Waals surface area contributed by atoms with Gasteiger partial charge < -0.3 is 10.6 Å². The molecule has 2 amide bonds. The van der Waals surface area contributed by atoms with Crippen LogP contribution in [-0.4, -0.2) is 28.9 Å². The molecule has 0 unspecified atom stereocenters. The number of hydrogen-bond acceptors (Lipinski definition) is 3. The number of hydrogen-bond donors (Lipinski definition) is 3. The summed E-state index contributed by atoms with van der Waals surface area (Å²) in [7, 11) is 0. The van der Waals surface area contributed by atoms with Crippen molar-refractivity contribution < 1.29 is 14.0 Å². The molecule has 1 spiro atoms. The lowest BCUT2D eigenvalue weighted by Crippen LogP contribution is -2.67. The van der Waals surface area contributed by atoms with Gasteiger partial charge in [0.05, 0.1) is 16.6 Å². The zero-order chi connectivity index (χ0) is 27.4. The molecule has 0 aromatic heterocycles. The molecule has 5 nitrogen and oxygen atoms in total. The average molecular weight is 573 g/mol. The van der Waals surface area contributed by atoms with Gasteiger partial charge in [0.1, 0.15) is 5.82 Å². The van der Waals surface area contributed by atoms with Gasteiger partial charge in [-0.05, 0) is 86.1 Å². The van der Waals surface area contributed by atoms with Crippen LogP contribution in [0.5, 0.6) is 0 Å². The summed E-state index contributed by atoms with van der Waals surface area (Å²) < 4.78 is 15.8. The van der Waals surface area contributed by atoms with E-state index in [2.05, 4.69) is 22.9 Å². The summed E-state index contributed by atoms with van der Waals surface area (Å²) >= 11 is 12.7. The van der Waals surface area contributed by atoms with Crippen LogP contribution >= 0.6 is 23.2 Å². The van der Waals surface area contributed by atoms with Crippen LogP contribution in [-0.2, 0) is 9.59 Å². The number of carbonyl (C=O) groups is 2. The first kappa shape index (κ1) is 27.0. The molecule has 4 aliphatic carbocycles. The van der Waals surface area contributed by atoms with E-state index in [-0.39, 0.29) is 22.4 Å². The first-order valence-corrected chi connectivity index (χ1v) is 15.0.